The fourth-order valence-corrected chi connectivity index (χ4v) is 6.34. The largest absolute Gasteiger partial charge is 0.506 e. The Hall–Kier alpha value is -3.38. The van der Waals surface area contributed by atoms with Gasteiger partial charge < -0.3 is 9.63 Å². The van der Waals surface area contributed by atoms with Crippen molar-refractivity contribution >= 4 is 54.7 Å². The van der Waals surface area contributed by atoms with Crippen molar-refractivity contribution in [3.8, 4) is 39.7 Å². The molecule has 0 bridgehead atoms. The van der Waals surface area contributed by atoms with Crippen molar-refractivity contribution in [3.05, 3.63) is 88.4 Å². The van der Waals surface area contributed by atoms with E-state index in [-0.39, 0.29) is 22.9 Å². The molecule has 6 rings (SSSR count). The average Bonchev–Trinajstić information content (AvgIpc) is 3.48. The van der Waals surface area contributed by atoms with Crippen LogP contribution < -0.4 is 0 Å². The normalized spacial score (nSPS) is 12.0. The molecule has 4 aromatic carbocycles. The van der Waals surface area contributed by atoms with E-state index in [9.17, 15) is 5.11 Å². The molecular formula is C30H22Cl2N2O2S. The van der Waals surface area contributed by atoms with Crippen LogP contribution in [0.5, 0.6) is 5.75 Å². The molecule has 0 amide bonds. The van der Waals surface area contributed by atoms with Crippen LogP contribution in [0.1, 0.15) is 26.3 Å². The molecule has 2 heterocycles. The molecule has 4 nitrogen and oxygen atoms in total. The van der Waals surface area contributed by atoms with Crippen molar-refractivity contribution in [2.75, 3.05) is 0 Å². The molecule has 0 saturated heterocycles. The molecular weight excluding hydrogens is 523 g/mol. The van der Waals surface area contributed by atoms with Gasteiger partial charge in [0.05, 0.1) is 21.2 Å². The maximum atomic E-state index is 11.6. The molecule has 1 N–H and O–H groups in total. The highest BCUT2D eigenvalue weighted by atomic mass is 35.5. The lowest BCUT2D eigenvalue weighted by Gasteiger charge is -2.22. The molecule has 0 atom stereocenters. The van der Waals surface area contributed by atoms with E-state index in [4.69, 9.17) is 27.7 Å². The van der Waals surface area contributed by atoms with Gasteiger partial charge in [0, 0.05) is 31.3 Å². The van der Waals surface area contributed by atoms with E-state index in [1.165, 1.54) is 10.1 Å². The predicted octanol–water partition coefficient (Wildman–Crippen LogP) is 9.75. The van der Waals surface area contributed by atoms with Gasteiger partial charge in [-0.15, -0.1) is 11.3 Å². The Morgan fingerprint density at radius 1 is 0.811 bits per heavy atom. The first-order chi connectivity index (χ1) is 17.7. The summed E-state index contributed by atoms with van der Waals surface area (Å²) in [5.74, 6) is 0.539. The van der Waals surface area contributed by atoms with Gasteiger partial charge in [-0.2, -0.15) is 4.98 Å². The number of nitrogens with zero attached hydrogens (tertiary/aromatic N) is 2. The topological polar surface area (TPSA) is 59.2 Å². The van der Waals surface area contributed by atoms with Crippen LogP contribution in [-0.4, -0.2) is 15.2 Å². The van der Waals surface area contributed by atoms with Crippen LogP contribution in [0, 0.1) is 0 Å². The van der Waals surface area contributed by atoms with Gasteiger partial charge in [0.1, 0.15) is 5.75 Å². The monoisotopic (exact) mass is 544 g/mol. The lowest BCUT2D eigenvalue weighted by molar-refractivity contribution is 0.425. The average molecular weight is 545 g/mol. The number of phenols is 1. The fraction of sp³-hybridized carbons (Fsp3) is 0.133. The lowest BCUT2D eigenvalue weighted by atomic mass is 9.83. The van der Waals surface area contributed by atoms with Gasteiger partial charge in [-0.05, 0) is 41.3 Å². The van der Waals surface area contributed by atoms with Gasteiger partial charge >= 0.3 is 0 Å². The Labute approximate surface area is 228 Å². The van der Waals surface area contributed by atoms with Crippen LogP contribution in [0.4, 0.5) is 0 Å². The minimum atomic E-state index is -0.194. The third-order valence-electron chi connectivity index (χ3n) is 6.51. The van der Waals surface area contributed by atoms with E-state index in [2.05, 4.69) is 61.2 Å². The van der Waals surface area contributed by atoms with Crippen molar-refractivity contribution in [2.45, 2.75) is 26.2 Å². The number of aromatic nitrogens is 2. The van der Waals surface area contributed by atoms with Crippen molar-refractivity contribution in [1.82, 2.24) is 10.1 Å². The van der Waals surface area contributed by atoms with E-state index in [1.807, 2.05) is 24.3 Å². The van der Waals surface area contributed by atoms with Crippen molar-refractivity contribution in [1.29, 1.82) is 0 Å². The van der Waals surface area contributed by atoms with Crippen LogP contribution in [0.2, 0.25) is 10.0 Å². The summed E-state index contributed by atoms with van der Waals surface area (Å²) in [5, 5.41) is 19.0. The standard InChI is InChI=1S/C30H22Cl2N2O2S/c1-30(2,3)16-14-20(19-10-6-9-18-17-8-4-5-13-24(17)37-27(18)19)26(35)21(15-16)29-33-28(34-36-29)25-22(31)11-7-12-23(25)32/h4-15,35H,1-3H3. The molecule has 0 aliphatic carbocycles. The SMILES string of the molecule is CC(C)(C)c1cc(-c2nc(-c3c(Cl)cccc3Cl)no2)c(O)c(-c2cccc3c2sc2ccccc23)c1. The van der Waals surface area contributed by atoms with Gasteiger partial charge in [0.2, 0.25) is 5.82 Å². The number of phenolic OH excluding ortho intramolecular Hbond substituents is 1. The molecule has 6 aromatic rings. The first kappa shape index (κ1) is 24.0. The Bertz CT molecular complexity index is 1790. The molecule has 0 aliphatic rings. The van der Waals surface area contributed by atoms with Crippen molar-refractivity contribution in [3.63, 3.8) is 0 Å². The highest BCUT2D eigenvalue weighted by molar-refractivity contribution is 7.26. The molecule has 0 fully saturated rings. The van der Waals surface area contributed by atoms with E-state index in [1.54, 1.807) is 29.5 Å². The van der Waals surface area contributed by atoms with Crippen LogP contribution in [0.25, 0.3) is 54.1 Å². The van der Waals surface area contributed by atoms with Gasteiger partial charge in [-0.3, -0.25) is 0 Å². The minimum absolute atomic E-state index is 0.0819. The Kier molecular flexibility index (Phi) is 5.75. The van der Waals surface area contributed by atoms with Crippen LogP contribution in [0.3, 0.4) is 0 Å². The summed E-state index contributed by atoms with van der Waals surface area (Å²) < 4.78 is 7.97. The first-order valence-corrected chi connectivity index (χ1v) is 13.4. The van der Waals surface area contributed by atoms with Gasteiger partial charge in [-0.1, -0.05) is 91.6 Å². The summed E-state index contributed by atoms with van der Waals surface area (Å²) in [5.41, 5.74) is 3.46. The summed E-state index contributed by atoms with van der Waals surface area (Å²) >= 11 is 14.5. The molecule has 184 valence electrons. The smallest absolute Gasteiger partial charge is 0.262 e. The zero-order chi connectivity index (χ0) is 25.9. The Morgan fingerprint density at radius 3 is 2.24 bits per heavy atom. The second kappa shape index (κ2) is 8.88. The molecule has 7 heteroatoms. The number of hydrogen-bond donors (Lipinski definition) is 1. The quantitative estimate of drug-likeness (QED) is 0.241. The number of benzene rings is 4. The van der Waals surface area contributed by atoms with Crippen molar-refractivity contribution < 1.29 is 9.63 Å². The molecule has 0 radical (unpaired) electrons. The van der Waals surface area contributed by atoms with Crippen molar-refractivity contribution in [2.24, 2.45) is 0 Å². The summed E-state index contributed by atoms with van der Waals surface area (Å²) in [6.07, 6.45) is 0. The minimum Gasteiger partial charge on any atom is -0.506 e. The van der Waals surface area contributed by atoms with Crippen LogP contribution >= 0.6 is 34.5 Å². The summed E-state index contributed by atoms with van der Waals surface area (Å²) in [6, 6.07) is 23.7. The first-order valence-electron chi connectivity index (χ1n) is 11.8. The maximum Gasteiger partial charge on any atom is 0.262 e. The number of fused-ring (bicyclic) bond motifs is 3. The number of rotatable bonds is 3. The zero-order valence-electron chi connectivity index (χ0n) is 20.3. The Morgan fingerprint density at radius 2 is 1.49 bits per heavy atom. The van der Waals surface area contributed by atoms with E-state index < -0.39 is 0 Å². The highest BCUT2D eigenvalue weighted by Gasteiger charge is 2.25. The predicted molar refractivity (Wildman–Crippen MR) is 154 cm³/mol. The van der Waals surface area contributed by atoms with Gasteiger partial charge in [-0.25, -0.2) is 0 Å². The van der Waals surface area contributed by atoms with E-state index >= 15 is 0 Å². The third kappa shape index (κ3) is 4.08. The molecule has 0 aliphatic heterocycles. The maximum absolute atomic E-state index is 11.6. The highest BCUT2D eigenvalue weighted by Crippen LogP contribution is 2.47. The molecule has 0 spiro atoms. The molecule has 2 aromatic heterocycles. The second-order valence-electron chi connectivity index (χ2n) is 9.97. The summed E-state index contributed by atoms with van der Waals surface area (Å²) in [7, 11) is 0. The van der Waals surface area contributed by atoms with Crippen LogP contribution in [0.15, 0.2) is 77.3 Å². The van der Waals surface area contributed by atoms with E-state index in [0.717, 1.165) is 26.8 Å². The molecule has 0 saturated carbocycles. The Balaban J connectivity index is 1.59. The number of aromatic hydroxyl groups is 1. The fourth-order valence-electron chi connectivity index (χ4n) is 4.54. The number of thiophene rings is 1. The second-order valence-corrected chi connectivity index (χ2v) is 11.8. The summed E-state index contributed by atoms with van der Waals surface area (Å²) in [6.45, 7) is 6.40. The molecule has 0 unspecified atom stereocenters. The van der Waals surface area contributed by atoms with Gasteiger partial charge in [0.15, 0.2) is 0 Å². The number of halogens is 2. The number of hydrogen-bond acceptors (Lipinski definition) is 5. The third-order valence-corrected chi connectivity index (χ3v) is 8.36. The molecule has 37 heavy (non-hydrogen) atoms. The van der Waals surface area contributed by atoms with E-state index in [0.29, 0.717) is 21.2 Å². The van der Waals surface area contributed by atoms with Crippen LogP contribution in [-0.2, 0) is 5.41 Å². The van der Waals surface area contributed by atoms with Gasteiger partial charge in [0.25, 0.3) is 5.89 Å². The summed E-state index contributed by atoms with van der Waals surface area (Å²) in [4.78, 5) is 4.58. The zero-order valence-corrected chi connectivity index (χ0v) is 22.7. The lowest BCUT2D eigenvalue weighted by Crippen LogP contribution is -2.11.